The number of nitro benzene ring substituents is 1. The van der Waals surface area contributed by atoms with Crippen LogP contribution in [0.25, 0.3) is 0 Å². The Morgan fingerprint density at radius 1 is 1.24 bits per heavy atom. The Bertz CT molecular complexity index is 1170. The summed E-state index contributed by atoms with van der Waals surface area (Å²) in [4.78, 5) is 23.4. The molecule has 0 aromatic heterocycles. The molecule has 2 aromatic rings. The zero-order valence-corrected chi connectivity index (χ0v) is 18.1. The summed E-state index contributed by atoms with van der Waals surface area (Å²) < 4.78 is 72.9. The number of sulfonamides is 1. The minimum Gasteiger partial charge on any atom is -0.490 e. The maximum absolute atomic E-state index is 13.2. The summed E-state index contributed by atoms with van der Waals surface area (Å²) in [6, 6.07) is 5.89. The number of halogens is 3. The van der Waals surface area contributed by atoms with E-state index in [1.54, 1.807) is 0 Å². The van der Waals surface area contributed by atoms with Crippen LogP contribution in [-0.4, -0.2) is 44.3 Å². The lowest BCUT2D eigenvalue weighted by Crippen LogP contribution is -2.38. The number of benzene rings is 2. The van der Waals surface area contributed by atoms with Crippen LogP contribution in [-0.2, 0) is 21.0 Å². The predicted molar refractivity (Wildman–Crippen MR) is 110 cm³/mol. The van der Waals surface area contributed by atoms with Crippen LogP contribution in [0.3, 0.4) is 0 Å². The van der Waals surface area contributed by atoms with Gasteiger partial charge in [0.25, 0.3) is 0 Å². The van der Waals surface area contributed by atoms with Gasteiger partial charge in [-0.15, -0.1) is 0 Å². The quantitative estimate of drug-likeness (QED) is 0.451. The molecule has 1 N–H and O–H groups in total. The van der Waals surface area contributed by atoms with Crippen molar-refractivity contribution in [3.05, 3.63) is 63.7 Å². The molecule has 9 nitrogen and oxygen atoms in total. The van der Waals surface area contributed by atoms with Gasteiger partial charge < -0.3 is 9.64 Å². The van der Waals surface area contributed by atoms with E-state index < -0.39 is 43.3 Å². The van der Waals surface area contributed by atoms with Crippen LogP contribution in [0.1, 0.15) is 30.0 Å². The average Bonchev–Trinajstić information content (AvgIpc) is 3.16. The summed E-state index contributed by atoms with van der Waals surface area (Å²) in [6.07, 6.45) is -3.85. The third-order valence-corrected chi connectivity index (χ3v) is 6.61. The number of carbonyl (C=O) groups excluding carboxylic acids is 1. The van der Waals surface area contributed by atoms with Crippen molar-refractivity contribution in [1.82, 2.24) is 9.62 Å². The fourth-order valence-corrected chi connectivity index (χ4v) is 4.73. The largest absolute Gasteiger partial charge is 0.490 e. The first-order valence-corrected chi connectivity index (χ1v) is 11.2. The second-order valence-electron chi connectivity index (χ2n) is 7.33. The first-order valence-electron chi connectivity index (χ1n) is 9.72. The molecular weight excluding hydrogens is 467 g/mol. The molecule has 0 saturated carbocycles. The first-order chi connectivity index (χ1) is 15.4. The molecule has 13 heteroatoms. The molecule has 2 aromatic carbocycles. The molecule has 178 valence electrons. The Kier molecular flexibility index (Phi) is 6.93. The summed E-state index contributed by atoms with van der Waals surface area (Å²) in [5.41, 5.74) is -1.57. The number of methoxy groups -OCH3 is 1. The van der Waals surface area contributed by atoms with Crippen LogP contribution in [0.4, 0.5) is 18.9 Å². The van der Waals surface area contributed by atoms with Crippen LogP contribution in [0.15, 0.2) is 47.4 Å². The molecule has 1 amide bonds. The topological polar surface area (TPSA) is 119 Å². The second-order valence-corrected chi connectivity index (χ2v) is 9.05. The Morgan fingerprint density at radius 3 is 2.55 bits per heavy atom. The van der Waals surface area contributed by atoms with Crippen LogP contribution >= 0.6 is 0 Å². The van der Waals surface area contributed by atoms with Crippen molar-refractivity contribution < 1.29 is 36.0 Å². The normalized spacial score (nSPS) is 15.5. The van der Waals surface area contributed by atoms with Gasteiger partial charge in [0, 0.05) is 25.6 Å². The van der Waals surface area contributed by atoms with E-state index in [1.165, 1.54) is 18.1 Å². The van der Waals surface area contributed by atoms with Crippen molar-refractivity contribution in [2.75, 3.05) is 20.2 Å². The van der Waals surface area contributed by atoms with Crippen LogP contribution in [0, 0.1) is 10.1 Å². The second kappa shape index (κ2) is 9.35. The van der Waals surface area contributed by atoms with Gasteiger partial charge in [0.15, 0.2) is 5.75 Å². The van der Waals surface area contributed by atoms with E-state index in [1.807, 2.05) is 0 Å². The molecular formula is C20H20F3N3O6S. The maximum atomic E-state index is 13.2. The highest BCUT2D eigenvalue weighted by atomic mass is 32.2. The van der Waals surface area contributed by atoms with Crippen LogP contribution < -0.4 is 9.46 Å². The van der Waals surface area contributed by atoms with Gasteiger partial charge in [0.2, 0.25) is 15.9 Å². The molecule has 1 aliphatic heterocycles. The van der Waals surface area contributed by atoms with Crippen LogP contribution in [0.2, 0.25) is 0 Å². The number of carbonyl (C=O) groups is 1. The molecule has 1 fully saturated rings. The standard InChI is InChI=1S/C20H20F3N3O6S/c1-32-18-8-7-15(11-17(18)26(28)29)33(30,31)24-16(12-25-9-3-6-19(25)27)13-4-2-5-14(10-13)20(21,22)23/h2,4-5,7-8,10-11,16,24H,3,6,9,12H2,1H3. The summed E-state index contributed by atoms with van der Waals surface area (Å²) in [7, 11) is -3.24. The average molecular weight is 487 g/mol. The third-order valence-electron chi connectivity index (χ3n) is 5.15. The molecule has 3 rings (SSSR count). The number of nitro groups is 1. The van der Waals surface area contributed by atoms with Crippen molar-refractivity contribution in [3.8, 4) is 5.75 Å². The molecule has 33 heavy (non-hydrogen) atoms. The van der Waals surface area contributed by atoms with Crippen molar-refractivity contribution in [1.29, 1.82) is 0 Å². The smallest absolute Gasteiger partial charge is 0.416 e. The Hall–Kier alpha value is -3.19. The van der Waals surface area contributed by atoms with Gasteiger partial charge in [-0.05, 0) is 36.2 Å². The lowest BCUT2D eigenvalue weighted by molar-refractivity contribution is -0.386. The minimum absolute atomic E-state index is 0.00360. The Morgan fingerprint density at radius 2 is 1.97 bits per heavy atom. The van der Waals surface area contributed by atoms with E-state index in [0.29, 0.717) is 13.0 Å². The molecule has 0 radical (unpaired) electrons. The van der Waals surface area contributed by atoms with E-state index in [9.17, 15) is 36.5 Å². The lowest BCUT2D eigenvalue weighted by Gasteiger charge is -2.25. The number of rotatable bonds is 8. The number of likely N-dealkylation sites (tertiary alicyclic amines) is 1. The van der Waals surface area contributed by atoms with E-state index in [2.05, 4.69) is 4.72 Å². The number of ether oxygens (including phenoxy) is 1. The van der Waals surface area contributed by atoms with E-state index in [-0.39, 0.29) is 30.2 Å². The maximum Gasteiger partial charge on any atom is 0.416 e. The van der Waals surface area contributed by atoms with Crippen LogP contribution in [0.5, 0.6) is 5.75 Å². The summed E-state index contributed by atoms with van der Waals surface area (Å²) in [5, 5.41) is 11.3. The number of amides is 1. The zero-order valence-electron chi connectivity index (χ0n) is 17.3. The Balaban J connectivity index is 2.00. The predicted octanol–water partition coefficient (Wildman–Crippen LogP) is 3.26. The minimum atomic E-state index is -4.65. The molecule has 0 aliphatic carbocycles. The van der Waals surface area contributed by atoms with Gasteiger partial charge in [-0.1, -0.05) is 12.1 Å². The SMILES string of the molecule is COc1ccc(S(=O)(=O)NC(CN2CCCC2=O)c2cccc(C(F)(F)F)c2)cc1[N+](=O)[O-]. The van der Waals surface area contributed by atoms with Crippen molar-refractivity contribution in [2.45, 2.75) is 30.0 Å². The third kappa shape index (κ3) is 5.60. The van der Waals surface area contributed by atoms with E-state index in [0.717, 1.165) is 36.4 Å². The summed E-state index contributed by atoms with van der Waals surface area (Å²) in [5.74, 6) is -0.401. The lowest BCUT2D eigenvalue weighted by atomic mass is 10.0. The number of alkyl halides is 3. The molecule has 1 aliphatic rings. The van der Waals surface area contributed by atoms with E-state index >= 15 is 0 Å². The van der Waals surface area contributed by atoms with Gasteiger partial charge >= 0.3 is 11.9 Å². The molecule has 0 spiro atoms. The summed E-state index contributed by atoms with van der Waals surface area (Å²) >= 11 is 0. The molecule has 1 heterocycles. The number of hydrogen-bond acceptors (Lipinski definition) is 6. The van der Waals surface area contributed by atoms with Crippen molar-refractivity contribution in [2.24, 2.45) is 0 Å². The zero-order chi connectivity index (χ0) is 24.4. The highest BCUT2D eigenvalue weighted by Gasteiger charge is 2.33. The number of nitrogens with zero attached hydrogens (tertiary/aromatic N) is 2. The van der Waals surface area contributed by atoms with Gasteiger partial charge in [0.1, 0.15) is 0 Å². The van der Waals surface area contributed by atoms with Gasteiger partial charge in [-0.25, -0.2) is 13.1 Å². The first kappa shape index (κ1) is 24.5. The molecule has 0 bridgehead atoms. The monoisotopic (exact) mass is 487 g/mol. The van der Waals surface area contributed by atoms with E-state index in [4.69, 9.17) is 4.74 Å². The Labute approximate surface area is 187 Å². The van der Waals surface area contributed by atoms with Gasteiger partial charge in [-0.2, -0.15) is 13.2 Å². The van der Waals surface area contributed by atoms with Crippen molar-refractivity contribution in [3.63, 3.8) is 0 Å². The fourth-order valence-electron chi connectivity index (χ4n) is 3.49. The highest BCUT2D eigenvalue weighted by molar-refractivity contribution is 7.89. The number of hydrogen-bond donors (Lipinski definition) is 1. The molecule has 1 unspecified atom stereocenters. The number of nitrogens with one attached hydrogen (secondary N) is 1. The highest BCUT2D eigenvalue weighted by Crippen LogP contribution is 2.33. The van der Waals surface area contributed by atoms with Gasteiger partial charge in [0.05, 0.1) is 28.5 Å². The molecule has 1 atom stereocenters. The van der Waals surface area contributed by atoms with Gasteiger partial charge in [-0.3, -0.25) is 14.9 Å². The fraction of sp³-hybridized carbons (Fsp3) is 0.350. The molecule has 1 saturated heterocycles. The summed E-state index contributed by atoms with van der Waals surface area (Å²) in [6.45, 7) is 0.141. The van der Waals surface area contributed by atoms with Crippen molar-refractivity contribution >= 4 is 21.6 Å².